The lowest BCUT2D eigenvalue weighted by Crippen LogP contribution is -2.42. The number of nitriles is 1. The third-order valence-electron chi connectivity index (χ3n) is 6.67. The minimum absolute atomic E-state index is 0.00500. The van der Waals surface area contributed by atoms with Crippen molar-refractivity contribution in [1.29, 1.82) is 5.26 Å². The number of ketones is 1. The van der Waals surface area contributed by atoms with Gasteiger partial charge in [0.25, 0.3) is 0 Å². The first-order chi connectivity index (χ1) is 19.1. The first kappa shape index (κ1) is 27.8. The lowest BCUT2D eigenvalue weighted by molar-refractivity contribution is -0.118. The van der Waals surface area contributed by atoms with Gasteiger partial charge < -0.3 is 11.1 Å². The number of hydrogen-bond acceptors (Lipinski definition) is 10. The number of carbonyl (C=O) groups excluding carboxylic acids is 2. The number of pyridine rings is 1. The van der Waals surface area contributed by atoms with E-state index in [1.165, 1.54) is 29.3 Å². The largest absolute Gasteiger partial charge is 0.384 e. The number of benzene rings is 1. The maximum atomic E-state index is 13.7. The van der Waals surface area contributed by atoms with Gasteiger partial charge in [-0.1, -0.05) is 78.4 Å². The van der Waals surface area contributed by atoms with E-state index in [-0.39, 0.29) is 28.7 Å². The van der Waals surface area contributed by atoms with E-state index in [1.54, 1.807) is 17.0 Å². The number of carbonyl (C=O) groups is 2. The number of thioether (sulfide) groups is 1. The van der Waals surface area contributed by atoms with E-state index < -0.39 is 5.92 Å². The van der Waals surface area contributed by atoms with Crippen LogP contribution in [-0.2, 0) is 9.59 Å². The smallest absolute Gasteiger partial charge is 0.235 e. The molecule has 3 aromatic rings. The summed E-state index contributed by atoms with van der Waals surface area (Å²) in [4.78, 5) is 31.9. The maximum absolute atomic E-state index is 13.7. The van der Waals surface area contributed by atoms with Crippen LogP contribution in [0, 0.1) is 23.7 Å². The maximum Gasteiger partial charge on any atom is 0.235 e. The molecular weight excluding hydrogens is 566 g/mol. The van der Waals surface area contributed by atoms with Crippen LogP contribution in [-0.4, -0.2) is 32.6 Å². The Balaban J connectivity index is 1.46. The molecule has 1 amide bonds. The third kappa shape index (κ3) is 5.61. The van der Waals surface area contributed by atoms with Crippen LogP contribution in [0.5, 0.6) is 0 Å². The highest BCUT2D eigenvalue weighted by Gasteiger charge is 2.45. The van der Waals surface area contributed by atoms with Crippen molar-refractivity contribution in [3.05, 3.63) is 81.4 Å². The molecule has 1 unspecified atom stereocenters. The Hall–Kier alpha value is -3.72. The molecule has 1 atom stereocenters. The fourth-order valence-electron chi connectivity index (χ4n) is 5.02. The van der Waals surface area contributed by atoms with E-state index in [0.717, 1.165) is 16.8 Å². The molecule has 3 N–H and O–H groups in total. The molecule has 0 radical (unpaired) electrons. The van der Waals surface area contributed by atoms with Crippen LogP contribution in [0.3, 0.4) is 0 Å². The van der Waals surface area contributed by atoms with Gasteiger partial charge in [-0.15, -0.1) is 10.2 Å². The Bertz CT molecular complexity index is 1600. The molecule has 0 saturated heterocycles. The van der Waals surface area contributed by atoms with E-state index in [4.69, 9.17) is 17.3 Å². The molecule has 1 aromatic carbocycles. The fraction of sp³-hybridized carbons (Fsp3) is 0.286. The Labute approximate surface area is 245 Å². The zero-order valence-electron chi connectivity index (χ0n) is 22.1. The molecule has 0 fully saturated rings. The van der Waals surface area contributed by atoms with Gasteiger partial charge in [0.15, 0.2) is 10.1 Å². The lowest BCUT2D eigenvalue weighted by Gasteiger charge is -2.42. The average Bonchev–Trinajstić information content (AvgIpc) is 3.36. The Morgan fingerprint density at radius 3 is 2.80 bits per heavy atom. The summed E-state index contributed by atoms with van der Waals surface area (Å²) < 4.78 is 0.546. The van der Waals surface area contributed by atoms with Gasteiger partial charge in [0.05, 0.1) is 28.3 Å². The van der Waals surface area contributed by atoms with Crippen LogP contribution in [0.4, 0.5) is 10.9 Å². The van der Waals surface area contributed by atoms with Crippen LogP contribution < -0.4 is 16.0 Å². The number of allylic oxidation sites excluding steroid dienone is 3. The number of rotatable bonds is 6. The second kappa shape index (κ2) is 11.0. The number of hydrogen-bond donors (Lipinski definition) is 2. The zero-order chi connectivity index (χ0) is 28.6. The Kier molecular flexibility index (Phi) is 7.68. The van der Waals surface area contributed by atoms with Gasteiger partial charge >= 0.3 is 0 Å². The summed E-state index contributed by atoms with van der Waals surface area (Å²) >= 11 is 8.31. The third-order valence-corrected chi connectivity index (χ3v) is 8.93. The standard InChI is InChI=1S/C28H26ClN7O2S2/c1-15-5-4-6-16(9-15)23-18(12-30)25(31)36(19-10-28(2,3)11-20(37)24(19)23)26-34-35-27(40-26)39-14-22(38)33-21-8-7-17(29)13-32-21/h4-9,13,23H,10-11,14,31H2,1-3H3,(H,32,33,38). The molecule has 0 saturated carbocycles. The Morgan fingerprint density at radius 1 is 1.30 bits per heavy atom. The SMILES string of the molecule is Cc1cccc(C2C(C#N)=C(N)N(c3nnc(SCC(=O)Nc4ccc(Cl)cn4)s3)C3=C2C(=O)CC(C)(C)C3)c1. The van der Waals surface area contributed by atoms with E-state index in [9.17, 15) is 14.9 Å². The lowest BCUT2D eigenvalue weighted by atomic mass is 9.68. The zero-order valence-corrected chi connectivity index (χ0v) is 24.5. The van der Waals surface area contributed by atoms with Crippen molar-refractivity contribution in [2.75, 3.05) is 16.0 Å². The number of aromatic nitrogens is 3. The normalized spacial score (nSPS) is 18.4. The van der Waals surface area contributed by atoms with Crippen molar-refractivity contribution in [1.82, 2.24) is 15.2 Å². The average molecular weight is 592 g/mol. The van der Waals surface area contributed by atoms with Crippen molar-refractivity contribution in [3.63, 3.8) is 0 Å². The first-order valence-electron chi connectivity index (χ1n) is 12.5. The molecule has 1 aliphatic heterocycles. The molecule has 1 aliphatic carbocycles. The molecule has 5 rings (SSSR count). The fourth-order valence-corrected chi connectivity index (χ4v) is 6.81. The van der Waals surface area contributed by atoms with E-state index in [1.807, 2.05) is 45.0 Å². The van der Waals surface area contributed by atoms with Gasteiger partial charge in [-0.25, -0.2) is 4.98 Å². The minimum Gasteiger partial charge on any atom is -0.384 e. The highest BCUT2D eigenvalue weighted by molar-refractivity contribution is 8.01. The number of aryl methyl sites for hydroxylation is 1. The number of anilines is 2. The van der Waals surface area contributed by atoms with Crippen molar-refractivity contribution in [2.45, 2.75) is 43.9 Å². The van der Waals surface area contributed by atoms with Crippen molar-refractivity contribution in [2.24, 2.45) is 11.1 Å². The molecule has 2 aromatic heterocycles. The van der Waals surface area contributed by atoms with E-state index in [2.05, 4.69) is 26.6 Å². The van der Waals surface area contributed by atoms with Gasteiger partial charge in [-0.2, -0.15) is 5.26 Å². The van der Waals surface area contributed by atoms with Gasteiger partial charge in [-0.05, 0) is 36.5 Å². The molecule has 0 bridgehead atoms. The summed E-state index contributed by atoms with van der Waals surface area (Å²) in [6.45, 7) is 6.07. The summed E-state index contributed by atoms with van der Waals surface area (Å²) in [6.07, 6.45) is 2.40. The minimum atomic E-state index is -0.549. The number of nitrogens with two attached hydrogens (primary N) is 1. The molecule has 2 aliphatic rings. The number of halogens is 1. The van der Waals surface area contributed by atoms with Crippen LogP contribution in [0.2, 0.25) is 5.02 Å². The van der Waals surface area contributed by atoms with Crippen LogP contribution >= 0.6 is 34.7 Å². The highest BCUT2D eigenvalue weighted by Crippen LogP contribution is 2.50. The van der Waals surface area contributed by atoms with Crippen LogP contribution in [0.15, 0.2) is 69.6 Å². The van der Waals surface area contributed by atoms with E-state index in [0.29, 0.717) is 44.3 Å². The molecular formula is C28H26ClN7O2S2. The summed E-state index contributed by atoms with van der Waals surface area (Å²) in [7, 11) is 0. The van der Waals surface area contributed by atoms with Crippen LogP contribution in [0.1, 0.15) is 43.7 Å². The molecule has 3 heterocycles. The molecule has 12 heteroatoms. The quantitative estimate of drug-likeness (QED) is 0.352. The second-order valence-corrected chi connectivity index (χ2v) is 13.1. The number of Topliss-reactive ketones (excluding diaryl/α,β-unsaturated/α-hetero) is 1. The van der Waals surface area contributed by atoms with Gasteiger partial charge in [0, 0.05) is 23.9 Å². The number of amides is 1. The van der Waals surface area contributed by atoms with Crippen molar-refractivity contribution >= 4 is 57.3 Å². The topological polar surface area (TPSA) is 138 Å². The second-order valence-electron chi connectivity index (χ2n) is 10.4. The Morgan fingerprint density at radius 2 is 2.10 bits per heavy atom. The monoisotopic (exact) mass is 591 g/mol. The summed E-state index contributed by atoms with van der Waals surface area (Å²) in [5.41, 5.74) is 9.90. The first-order valence-corrected chi connectivity index (χ1v) is 14.6. The van der Waals surface area contributed by atoms with Gasteiger partial charge in [0.2, 0.25) is 11.0 Å². The number of nitrogens with one attached hydrogen (secondary N) is 1. The van der Waals surface area contributed by atoms with Crippen LogP contribution in [0.25, 0.3) is 0 Å². The van der Waals surface area contributed by atoms with Crippen molar-refractivity contribution < 1.29 is 9.59 Å². The summed E-state index contributed by atoms with van der Waals surface area (Å²) in [6, 6.07) is 13.4. The van der Waals surface area contributed by atoms with Gasteiger partial charge in [-0.3, -0.25) is 14.5 Å². The number of nitrogens with zero attached hydrogens (tertiary/aromatic N) is 5. The molecule has 0 spiro atoms. The van der Waals surface area contributed by atoms with Gasteiger partial charge in [0.1, 0.15) is 11.6 Å². The predicted molar refractivity (Wildman–Crippen MR) is 157 cm³/mol. The highest BCUT2D eigenvalue weighted by atomic mass is 35.5. The van der Waals surface area contributed by atoms with E-state index >= 15 is 0 Å². The summed E-state index contributed by atoms with van der Waals surface area (Å²) in [5.74, 6) is -0.0941. The van der Waals surface area contributed by atoms with Crippen molar-refractivity contribution in [3.8, 4) is 6.07 Å². The molecule has 204 valence electrons. The molecule has 40 heavy (non-hydrogen) atoms. The molecule has 9 nitrogen and oxygen atoms in total. The predicted octanol–water partition coefficient (Wildman–Crippen LogP) is 5.57. The summed E-state index contributed by atoms with van der Waals surface area (Å²) in [5, 5.41) is 22.5.